The summed E-state index contributed by atoms with van der Waals surface area (Å²) < 4.78 is 58.7. The SMILES string of the molecule is CC(F)(F)C(F)(F)C(F)S. The molecule has 1 atom stereocenters. The van der Waals surface area contributed by atoms with E-state index in [0.717, 1.165) is 0 Å². The lowest BCUT2D eigenvalue weighted by Gasteiger charge is -2.23. The Morgan fingerprint density at radius 1 is 1.20 bits per heavy atom. The Labute approximate surface area is 59.8 Å². The molecule has 62 valence electrons. The van der Waals surface area contributed by atoms with Crippen molar-refractivity contribution in [3.8, 4) is 0 Å². The minimum atomic E-state index is -4.70. The van der Waals surface area contributed by atoms with Crippen LogP contribution in [0.25, 0.3) is 0 Å². The fourth-order valence-electron chi connectivity index (χ4n) is 0.209. The van der Waals surface area contributed by atoms with Crippen LogP contribution in [0.1, 0.15) is 6.92 Å². The second-order valence-electron chi connectivity index (χ2n) is 1.85. The van der Waals surface area contributed by atoms with Crippen LogP contribution in [-0.2, 0) is 0 Å². The number of halogens is 5. The van der Waals surface area contributed by atoms with E-state index in [-0.39, 0.29) is 6.92 Å². The van der Waals surface area contributed by atoms with Gasteiger partial charge < -0.3 is 0 Å². The second-order valence-corrected chi connectivity index (χ2v) is 2.30. The number of hydrogen-bond acceptors (Lipinski definition) is 1. The molecular formula is C4H5F5S. The van der Waals surface area contributed by atoms with Crippen LogP contribution in [0.3, 0.4) is 0 Å². The minimum absolute atomic E-state index is 0.0597. The highest BCUT2D eigenvalue weighted by molar-refractivity contribution is 7.80. The van der Waals surface area contributed by atoms with Gasteiger partial charge in [0.25, 0.3) is 0 Å². The van der Waals surface area contributed by atoms with Gasteiger partial charge in [0.2, 0.25) is 5.50 Å². The van der Waals surface area contributed by atoms with Crippen LogP contribution >= 0.6 is 12.6 Å². The van der Waals surface area contributed by atoms with Gasteiger partial charge in [-0.05, 0) is 0 Å². The molecule has 0 heterocycles. The minimum Gasteiger partial charge on any atom is -0.229 e. The van der Waals surface area contributed by atoms with Crippen LogP contribution in [-0.4, -0.2) is 17.3 Å². The number of hydrogen-bond donors (Lipinski definition) is 1. The lowest BCUT2D eigenvalue weighted by molar-refractivity contribution is -0.211. The molecule has 0 N–H and O–H groups in total. The maximum Gasteiger partial charge on any atom is 0.349 e. The van der Waals surface area contributed by atoms with Crippen molar-refractivity contribution in [1.29, 1.82) is 0 Å². The predicted octanol–water partition coefficient (Wildman–Crippen LogP) is 2.50. The third-order valence-corrected chi connectivity index (χ3v) is 1.21. The third-order valence-electron chi connectivity index (χ3n) is 0.884. The average molecular weight is 180 g/mol. The monoisotopic (exact) mass is 180 g/mol. The zero-order valence-electron chi connectivity index (χ0n) is 4.91. The van der Waals surface area contributed by atoms with Gasteiger partial charge in [0.15, 0.2) is 0 Å². The summed E-state index contributed by atoms with van der Waals surface area (Å²) >= 11 is 2.58. The van der Waals surface area contributed by atoms with Crippen molar-refractivity contribution in [3.63, 3.8) is 0 Å². The molecule has 10 heavy (non-hydrogen) atoms. The highest BCUT2D eigenvalue weighted by Gasteiger charge is 2.57. The van der Waals surface area contributed by atoms with Crippen LogP contribution in [0.5, 0.6) is 0 Å². The van der Waals surface area contributed by atoms with E-state index in [0.29, 0.717) is 0 Å². The van der Waals surface area contributed by atoms with Gasteiger partial charge in [0, 0.05) is 6.92 Å². The summed E-state index contributed by atoms with van der Waals surface area (Å²) in [6, 6.07) is 0. The molecule has 0 aromatic rings. The van der Waals surface area contributed by atoms with Crippen molar-refractivity contribution in [3.05, 3.63) is 0 Å². The molecule has 0 rings (SSSR count). The van der Waals surface area contributed by atoms with Crippen molar-refractivity contribution >= 4 is 12.6 Å². The van der Waals surface area contributed by atoms with Gasteiger partial charge in [-0.2, -0.15) is 8.78 Å². The van der Waals surface area contributed by atoms with Crippen molar-refractivity contribution in [2.45, 2.75) is 24.3 Å². The number of rotatable bonds is 2. The molecule has 0 amide bonds. The van der Waals surface area contributed by atoms with Crippen LogP contribution < -0.4 is 0 Å². The highest BCUT2D eigenvalue weighted by Crippen LogP contribution is 2.38. The fraction of sp³-hybridized carbons (Fsp3) is 1.00. The Balaban J connectivity index is 4.40. The molecule has 0 fully saturated rings. The summed E-state index contributed by atoms with van der Waals surface area (Å²) in [5, 5.41) is 0. The molecule has 6 heteroatoms. The maximum atomic E-state index is 11.9. The molecule has 0 aliphatic carbocycles. The third kappa shape index (κ3) is 1.74. The molecule has 1 unspecified atom stereocenters. The molecule has 0 spiro atoms. The molecule has 0 aliphatic heterocycles. The molecule has 0 aromatic heterocycles. The zero-order chi connectivity index (χ0) is 8.58. The van der Waals surface area contributed by atoms with E-state index in [1.807, 2.05) is 0 Å². The van der Waals surface area contributed by atoms with Crippen molar-refractivity contribution < 1.29 is 22.0 Å². The summed E-state index contributed by atoms with van der Waals surface area (Å²) in [6.07, 6.45) is 0. The molecule has 0 aliphatic rings. The van der Waals surface area contributed by atoms with Crippen LogP contribution in [0.15, 0.2) is 0 Å². The first-order valence-electron chi connectivity index (χ1n) is 2.27. The molecule has 0 aromatic carbocycles. The smallest absolute Gasteiger partial charge is 0.229 e. The maximum absolute atomic E-state index is 11.9. The van der Waals surface area contributed by atoms with Crippen molar-refractivity contribution in [2.24, 2.45) is 0 Å². The Morgan fingerprint density at radius 3 is 1.50 bits per heavy atom. The summed E-state index contributed by atoms with van der Waals surface area (Å²) in [5.74, 6) is -9.07. The first kappa shape index (κ1) is 10.0. The first-order valence-corrected chi connectivity index (χ1v) is 2.79. The predicted molar refractivity (Wildman–Crippen MR) is 29.4 cm³/mol. The number of alkyl halides is 5. The van der Waals surface area contributed by atoms with Gasteiger partial charge in [-0.3, -0.25) is 0 Å². The van der Waals surface area contributed by atoms with Crippen molar-refractivity contribution in [2.75, 3.05) is 0 Å². The largest absolute Gasteiger partial charge is 0.349 e. The molecule has 0 saturated heterocycles. The standard InChI is InChI=1S/C4H5F5S/c1-3(6,7)4(8,9)2(5)10/h2,10H,1H3. The van der Waals surface area contributed by atoms with E-state index in [4.69, 9.17) is 0 Å². The summed E-state index contributed by atoms with van der Waals surface area (Å²) in [7, 11) is 0. The van der Waals surface area contributed by atoms with E-state index >= 15 is 0 Å². The van der Waals surface area contributed by atoms with Gasteiger partial charge in [0.05, 0.1) is 0 Å². The van der Waals surface area contributed by atoms with Crippen molar-refractivity contribution in [1.82, 2.24) is 0 Å². The fourth-order valence-corrected chi connectivity index (χ4v) is 0.436. The van der Waals surface area contributed by atoms with Crippen LogP contribution in [0, 0.1) is 0 Å². The zero-order valence-corrected chi connectivity index (χ0v) is 5.81. The molecule has 0 bridgehead atoms. The van der Waals surface area contributed by atoms with E-state index in [1.165, 1.54) is 0 Å². The van der Waals surface area contributed by atoms with Gasteiger partial charge in [-0.25, -0.2) is 13.2 Å². The quantitative estimate of drug-likeness (QED) is 0.490. The Hall–Kier alpha value is -0.0000000000000000555. The molecule has 0 nitrogen and oxygen atoms in total. The van der Waals surface area contributed by atoms with E-state index < -0.39 is 17.3 Å². The second kappa shape index (κ2) is 2.56. The van der Waals surface area contributed by atoms with E-state index in [2.05, 4.69) is 12.6 Å². The Bertz CT molecular complexity index is 115. The molecular weight excluding hydrogens is 175 g/mol. The topological polar surface area (TPSA) is 0 Å². The average Bonchev–Trinajstić information content (AvgIpc) is 1.62. The Kier molecular flexibility index (Phi) is 2.56. The van der Waals surface area contributed by atoms with Gasteiger partial charge in [-0.1, -0.05) is 0 Å². The summed E-state index contributed by atoms with van der Waals surface area (Å²) in [6.45, 7) is -0.0597. The Morgan fingerprint density at radius 2 is 1.50 bits per heavy atom. The van der Waals surface area contributed by atoms with E-state index in [1.54, 1.807) is 0 Å². The molecule has 0 radical (unpaired) electrons. The normalized spacial score (nSPS) is 17.1. The van der Waals surface area contributed by atoms with Gasteiger partial charge in [-0.15, -0.1) is 12.6 Å². The molecule has 0 saturated carbocycles. The lowest BCUT2D eigenvalue weighted by Crippen LogP contribution is -2.43. The van der Waals surface area contributed by atoms with Crippen LogP contribution in [0.4, 0.5) is 22.0 Å². The lowest BCUT2D eigenvalue weighted by atomic mass is 10.2. The summed E-state index contributed by atoms with van der Waals surface area (Å²) in [4.78, 5) is 0. The highest BCUT2D eigenvalue weighted by atomic mass is 32.1. The first-order chi connectivity index (χ1) is 4.19. The van der Waals surface area contributed by atoms with Gasteiger partial charge >= 0.3 is 11.8 Å². The summed E-state index contributed by atoms with van der Waals surface area (Å²) in [5.41, 5.74) is -3.13. The van der Waals surface area contributed by atoms with Gasteiger partial charge in [0.1, 0.15) is 0 Å². The van der Waals surface area contributed by atoms with E-state index in [9.17, 15) is 22.0 Å². The van der Waals surface area contributed by atoms with Crippen LogP contribution in [0.2, 0.25) is 0 Å². The number of thiol groups is 1.